The molecule has 0 N–H and O–H groups in total. The van der Waals surface area contributed by atoms with Crippen molar-refractivity contribution >= 4 is 34.5 Å². The predicted molar refractivity (Wildman–Crippen MR) is 81.3 cm³/mol. The molecular formula is C14H23IO4. The fourth-order valence-corrected chi connectivity index (χ4v) is 2.56. The smallest absolute Gasteiger partial charge is 0.344 e. The highest BCUT2D eigenvalue weighted by molar-refractivity contribution is 14.1. The molecule has 1 fully saturated rings. The van der Waals surface area contributed by atoms with Gasteiger partial charge < -0.3 is 9.47 Å². The number of ether oxygens (including phenoxy) is 2. The minimum Gasteiger partial charge on any atom is -0.457 e. The van der Waals surface area contributed by atoms with Crippen molar-refractivity contribution in [2.75, 3.05) is 6.61 Å². The first-order chi connectivity index (χ1) is 9.03. The van der Waals surface area contributed by atoms with Gasteiger partial charge in [-0.25, -0.2) is 4.79 Å². The summed E-state index contributed by atoms with van der Waals surface area (Å²) in [6, 6.07) is 0. The van der Waals surface area contributed by atoms with Crippen LogP contribution in [0.15, 0.2) is 0 Å². The molecule has 0 amide bonds. The molecule has 5 heteroatoms. The third kappa shape index (κ3) is 5.28. The van der Waals surface area contributed by atoms with Crippen molar-refractivity contribution in [1.29, 1.82) is 0 Å². The third-order valence-corrected chi connectivity index (χ3v) is 5.08. The zero-order chi connectivity index (χ0) is 14.3. The van der Waals surface area contributed by atoms with Crippen molar-refractivity contribution in [1.82, 2.24) is 0 Å². The second-order valence-corrected chi connectivity index (χ2v) is 6.56. The summed E-state index contributed by atoms with van der Waals surface area (Å²) in [6.07, 6.45) is 6.80. The average molecular weight is 382 g/mol. The summed E-state index contributed by atoms with van der Waals surface area (Å²) in [5.41, 5.74) is -0.323. The molecule has 1 atom stereocenters. The van der Waals surface area contributed by atoms with E-state index in [2.05, 4.69) is 0 Å². The standard InChI is InChI=1S/C14H23IO4/c1-3-11(15)13(17)18-10-12(16)19-14(4-2)8-6-5-7-9-14/h11H,3-10H2,1-2H3. The molecule has 0 heterocycles. The van der Waals surface area contributed by atoms with Gasteiger partial charge in [-0.2, -0.15) is 0 Å². The van der Waals surface area contributed by atoms with Crippen LogP contribution in [-0.2, 0) is 19.1 Å². The van der Waals surface area contributed by atoms with Crippen LogP contribution in [0.3, 0.4) is 0 Å². The van der Waals surface area contributed by atoms with Gasteiger partial charge in [-0.3, -0.25) is 4.79 Å². The molecule has 0 radical (unpaired) electrons. The van der Waals surface area contributed by atoms with Gasteiger partial charge in [0.15, 0.2) is 6.61 Å². The highest BCUT2D eigenvalue weighted by atomic mass is 127. The molecular weight excluding hydrogens is 359 g/mol. The first-order valence-electron chi connectivity index (χ1n) is 7.05. The summed E-state index contributed by atoms with van der Waals surface area (Å²) in [5, 5.41) is 0. The average Bonchev–Trinajstić information content (AvgIpc) is 2.44. The van der Waals surface area contributed by atoms with Crippen LogP contribution in [-0.4, -0.2) is 28.1 Å². The van der Waals surface area contributed by atoms with Crippen molar-refractivity contribution in [2.45, 2.75) is 68.3 Å². The van der Waals surface area contributed by atoms with Crippen LogP contribution in [0.25, 0.3) is 0 Å². The minimum atomic E-state index is -0.420. The SMILES string of the molecule is CCC(I)C(=O)OCC(=O)OC1(CC)CCCCC1. The molecule has 110 valence electrons. The fraction of sp³-hybridized carbons (Fsp3) is 0.857. The summed E-state index contributed by atoms with van der Waals surface area (Å²) in [5.74, 6) is -0.758. The molecule has 4 nitrogen and oxygen atoms in total. The largest absolute Gasteiger partial charge is 0.457 e. The van der Waals surface area contributed by atoms with Crippen molar-refractivity contribution in [2.24, 2.45) is 0 Å². The van der Waals surface area contributed by atoms with Gasteiger partial charge in [0.25, 0.3) is 0 Å². The van der Waals surface area contributed by atoms with E-state index in [1.807, 2.05) is 36.4 Å². The third-order valence-electron chi connectivity index (χ3n) is 3.69. The van der Waals surface area contributed by atoms with E-state index in [4.69, 9.17) is 9.47 Å². The van der Waals surface area contributed by atoms with Crippen molar-refractivity contribution in [3.8, 4) is 0 Å². The van der Waals surface area contributed by atoms with E-state index in [-0.39, 0.29) is 22.1 Å². The number of halogens is 1. The van der Waals surface area contributed by atoms with E-state index >= 15 is 0 Å². The Bertz CT molecular complexity index is 311. The molecule has 0 spiro atoms. The normalized spacial score (nSPS) is 19.5. The Morgan fingerprint density at radius 1 is 1.21 bits per heavy atom. The molecule has 1 rings (SSSR count). The molecule has 1 aliphatic carbocycles. The Labute approximate surface area is 128 Å². The molecule has 19 heavy (non-hydrogen) atoms. The highest BCUT2D eigenvalue weighted by Gasteiger charge is 2.34. The molecule has 0 aromatic heterocycles. The Kier molecular flexibility index (Phi) is 7.10. The predicted octanol–water partition coefficient (Wildman–Crippen LogP) is 3.40. The van der Waals surface area contributed by atoms with E-state index in [0.29, 0.717) is 6.42 Å². The number of carbonyl (C=O) groups excluding carboxylic acids is 2. The molecule has 1 saturated carbocycles. The molecule has 0 aromatic rings. The fourth-order valence-electron chi connectivity index (χ4n) is 2.38. The van der Waals surface area contributed by atoms with Crippen LogP contribution in [0.1, 0.15) is 58.8 Å². The number of rotatable bonds is 6. The lowest BCUT2D eigenvalue weighted by Crippen LogP contribution is -2.38. The van der Waals surface area contributed by atoms with Gasteiger partial charge in [-0.05, 0) is 38.5 Å². The number of hydrogen-bond acceptors (Lipinski definition) is 4. The topological polar surface area (TPSA) is 52.6 Å². The first kappa shape index (κ1) is 16.7. The van der Waals surface area contributed by atoms with Gasteiger partial charge in [-0.15, -0.1) is 0 Å². The van der Waals surface area contributed by atoms with Gasteiger partial charge in [0.05, 0.1) is 0 Å². The quantitative estimate of drug-likeness (QED) is 0.402. The zero-order valence-corrected chi connectivity index (χ0v) is 13.9. The number of hydrogen-bond donors (Lipinski definition) is 0. The summed E-state index contributed by atoms with van der Waals surface area (Å²) in [6.45, 7) is 3.69. The lowest BCUT2D eigenvalue weighted by atomic mass is 9.83. The van der Waals surface area contributed by atoms with Gasteiger partial charge >= 0.3 is 11.9 Å². The van der Waals surface area contributed by atoms with Crippen LogP contribution >= 0.6 is 22.6 Å². The van der Waals surface area contributed by atoms with Crippen LogP contribution in [0, 0.1) is 0 Å². The molecule has 0 aliphatic heterocycles. The number of alkyl halides is 1. The van der Waals surface area contributed by atoms with Crippen LogP contribution < -0.4 is 0 Å². The maximum Gasteiger partial charge on any atom is 0.344 e. The molecule has 0 saturated heterocycles. The van der Waals surface area contributed by atoms with Gasteiger partial charge in [-0.1, -0.05) is 42.9 Å². The van der Waals surface area contributed by atoms with Gasteiger partial charge in [0.2, 0.25) is 0 Å². The molecule has 1 aliphatic rings. The van der Waals surface area contributed by atoms with E-state index in [9.17, 15) is 9.59 Å². The molecule has 0 aromatic carbocycles. The van der Waals surface area contributed by atoms with E-state index < -0.39 is 5.97 Å². The number of carbonyl (C=O) groups is 2. The maximum absolute atomic E-state index is 11.8. The monoisotopic (exact) mass is 382 g/mol. The zero-order valence-electron chi connectivity index (χ0n) is 11.7. The summed E-state index contributed by atoms with van der Waals surface area (Å²) in [7, 11) is 0. The van der Waals surface area contributed by atoms with Crippen molar-refractivity contribution in [3.63, 3.8) is 0 Å². The van der Waals surface area contributed by atoms with E-state index in [1.165, 1.54) is 6.42 Å². The maximum atomic E-state index is 11.8. The Balaban J connectivity index is 2.39. The van der Waals surface area contributed by atoms with E-state index in [1.54, 1.807) is 0 Å². The second-order valence-electron chi connectivity index (χ2n) is 5.05. The second kappa shape index (κ2) is 8.07. The first-order valence-corrected chi connectivity index (χ1v) is 8.30. The van der Waals surface area contributed by atoms with Crippen LogP contribution in [0.4, 0.5) is 0 Å². The summed E-state index contributed by atoms with van der Waals surface area (Å²) < 4.78 is 10.3. The highest BCUT2D eigenvalue weighted by Crippen LogP contribution is 2.34. The summed E-state index contributed by atoms with van der Waals surface area (Å²) in [4.78, 5) is 23.3. The lowest BCUT2D eigenvalue weighted by Gasteiger charge is -2.35. The van der Waals surface area contributed by atoms with Crippen molar-refractivity contribution < 1.29 is 19.1 Å². The Morgan fingerprint density at radius 2 is 1.84 bits per heavy atom. The van der Waals surface area contributed by atoms with Crippen molar-refractivity contribution in [3.05, 3.63) is 0 Å². The lowest BCUT2D eigenvalue weighted by molar-refractivity contribution is -0.173. The number of esters is 2. The van der Waals surface area contributed by atoms with Gasteiger partial charge in [0, 0.05) is 0 Å². The van der Waals surface area contributed by atoms with Crippen LogP contribution in [0.5, 0.6) is 0 Å². The minimum absolute atomic E-state index is 0.194. The van der Waals surface area contributed by atoms with Crippen LogP contribution in [0.2, 0.25) is 0 Å². The Morgan fingerprint density at radius 3 is 2.37 bits per heavy atom. The Hall–Kier alpha value is -0.330. The molecule has 1 unspecified atom stereocenters. The summed E-state index contributed by atoms with van der Waals surface area (Å²) >= 11 is 2.02. The molecule has 0 bridgehead atoms. The van der Waals surface area contributed by atoms with E-state index in [0.717, 1.165) is 32.1 Å². The van der Waals surface area contributed by atoms with Gasteiger partial charge in [0.1, 0.15) is 9.53 Å².